The van der Waals surface area contributed by atoms with E-state index in [-0.39, 0.29) is 35.7 Å². The number of benzene rings is 2. The fraction of sp³-hybridized carbons (Fsp3) is 0.278. The van der Waals surface area contributed by atoms with Gasteiger partial charge in [0.2, 0.25) is 0 Å². The molecule has 0 spiro atoms. The third kappa shape index (κ3) is 4.10. The van der Waals surface area contributed by atoms with E-state index in [1.807, 2.05) is 6.92 Å². The van der Waals surface area contributed by atoms with Gasteiger partial charge in [-0.25, -0.2) is 8.78 Å². The lowest BCUT2D eigenvalue weighted by Gasteiger charge is -2.23. The normalized spacial score (nSPS) is 11.6. The van der Waals surface area contributed by atoms with Crippen LogP contribution in [0.3, 0.4) is 0 Å². The van der Waals surface area contributed by atoms with Gasteiger partial charge in [0.15, 0.2) is 0 Å². The van der Waals surface area contributed by atoms with Gasteiger partial charge in [-0.3, -0.25) is 4.79 Å². The van der Waals surface area contributed by atoms with Crippen molar-refractivity contribution in [2.75, 3.05) is 13.6 Å². The molecule has 0 saturated heterocycles. The van der Waals surface area contributed by atoms with Gasteiger partial charge in [0.1, 0.15) is 11.6 Å². The summed E-state index contributed by atoms with van der Waals surface area (Å²) in [6.07, 6.45) is 0. The van der Waals surface area contributed by atoms with E-state index in [1.54, 1.807) is 26.1 Å². The second-order valence-corrected chi connectivity index (χ2v) is 5.65. The predicted molar refractivity (Wildman–Crippen MR) is 94.4 cm³/mol. The predicted octanol–water partition coefficient (Wildman–Crippen LogP) is 3.78. The SMILES string of the molecule is Cc1cc(F)ccc1-c1ccc(C(=O)N(C)C(C)CN)cc1F.Cl. The molecule has 2 N–H and O–H groups in total. The molecule has 0 radical (unpaired) electrons. The summed E-state index contributed by atoms with van der Waals surface area (Å²) in [6, 6.07) is 8.37. The number of amides is 1. The lowest BCUT2D eigenvalue weighted by Crippen LogP contribution is -2.39. The number of likely N-dealkylation sites (N-methyl/N-ethyl adjacent to an activating group) is 1. The van der Waals surface area contributed by atoms with Crippen LogP contribution in [0.25, 0.3) is 11.1 Å². The molecular formula is C18H21ClF2N2O. The summed E-state index contributed by atoms with van der Waals surface area (Å²) in [6.45, 7) is 3.87. The second kappa shape index (κ2) is 8.22. The van der Waals surface area contributed by atoms with E-state index in [1.165, 1.54) is 29.2 Å². The van der Waals surface area contributed by atoms with Crippen molar-refractivity contribution in [3.05, 3.63) is 59.2 Å². The number of aryl methyl sites for hydroxylation is 1. The summed E-state index contributed by atoms with van der Waals surface area (Å²) in [7, 11) is 1.63. The second-order valence-electron chi connectivity index (χ2n) is 5.65. The van der Waals surface area contributed by atoms with Crippen LogP contribution in [0, 0.1) is 18.6 Å². The molecule has 2 aromatic carbocycles. The molecule has 0 aliphatic rings. The zero-order valence-corrected chi connectivity index (χ0v) is 14.7. The van der Waals surface area contributed by atoms with E-state index in [0.717, 1.165) is 0 Å². The largest absolute Gasteiger partial charge is 0.338 e. The van der Waals surface area contributed by atoms with Crippen molar-refractivity contribution in [3.63, 3.8) is 0 Å². The van der Waals surface area contributed by atoms with Gasteiger partial charge < -0.3 is 10.6 Å². The lowest BCUT2D eigenvalue weighted by molar-refractivity contribution is 0.0748. The topological polar surface area (TPSA) is 46.3 Å². The smallest absolute Gasteiger partial charge is 0.253 e. The fourth-order valence-corrected chi connectivity index (χ4v) is 2.36. The van der Waals surface area contributed by atoms with Crippen molar-refractivity contribution in [2.45, 2.75) is 19.9 Å². The Kier molecular flexibility index (Phi) is 6.87. The Morgan fingerprint density at radius 1 is 1.17 bits per heavy atom. The summed E-state index contributed by atoms with van der Waals surface area (Å²) >= 11 is 0. The summed E-state index contributed by atoms with van der Waals surface area (Å²) < 4.78 is 27.6. The van der Waals surface area contributed by atoms with Crippen molar-refractivity contribution in [3.8, 4) is 11.1 Å². The van der Waals surface area contributed by atoms with Gasteiger partial charge in [-0.2, -0.15) is 0 Å². The molecule has 0 aliphatic carbocycles. The zero-order chi connectivity index (χ0) is 17.1. The van der Waals surface area contributed by atoms with Crippen molar-refractivity contribution >= 4 is 18.3 Å². The van der Waals surface area contributed by atoms with Crippen LogP contribution in [0.15, 0.2) is 36.4 Å². The molecule has 2 aromatic rings. The van der Waals surface area contributed by atoms with E-state index in [0.29, 0.717) is 23.2 Å². The van der Waals surface area contributed by atoms with Crippen molar-refractivity contribution in [2.24, 2.45) is 5.73 Å². The minimum Gasteiger partial charge on any atom is -0.338 e. The van der Waals surface area contributed by atoms with Gasteiger partial charge in [0.05, 0.1) is 0 Å². The maximum atomic E-state index is 14.4. The van der Waals surface area contributed by atoms with Gasteiger partial charge in [-0.05, 0) is 49.2 Å². The van der Waals surface area contributed by atoms with Crippen LogP contribution in [-0.4, -0.2) is 30.4 Å². The molecule has 0 aliphatic heterocycles. The van der Waals surface area contributed by atoms with Crippen LogP contribution in [0.5, 0.6) is 0 Å². The average Bonchev–Trinajstić information content (AvgIpc) is 2.53. The van der Waals surface area contributed by atoms with Crippen LogP contribution in [-0.2, 0) is 0 Å². The number of carbonyl (C=O) groups excluding carboxylic acids is 1. The Bertz CT molecular complexity index is 737. The number of hydrogen-bond acceptors (Lipinski definition) is 2. The molecule has 1 unspecified atom stereocenters. The molecule has 130 valence electrons. The molecule has 2 rings (SSSR count). The highest BCUT2D eigenvalue weighted by Gasteiger charge is 2.18. The lowest BCUT2D eigenvalue weighted by atomic mass is 9.98. The third-order valence-corrected chi connectivity index (χ3v) is 4.02. The first-order chi connectivity index (χ1) is 10.8. The number of nitrogens with two attached hydrogens (primary N) is 1. The summed E-state index contributed by atoms with van der Waals surface area (Å²) in [5, 5.41) is 0. The molecule has 3 nitrogen and oxygen atoms in total. The van der Waals surface area contributed by atoms with E-state index in [9.17, 15) is 13.6 Å². The number of halogens is 3. The number of hydrogen-bond donors (Lipinski definition) is 1. The highest BCUT2D eigenvalue weighted by atomic mass is 35.5. The molecule has 0 aromatic heterocycles. The molecule has 1 atom stereocenters. The average molecular weight is 355 g/mol. The van der Waals surface area contributed by atoms with Gasteiger partial charge in [-0.15, -0.1) is 12.4 Å². The van der Waals surface area contributed by atoms with Gasteiger partial charge in [0, 0.05) is 30.8 Å². The molecule has 24 heavy (non-hydrogen) atoms. The Morgan fingerprint density at radius 3 is 2.33 bits per heavy atom. The fourth-order valence-electron chi connectivity index (χ4n) is 2.36. The molecule has 0 saturated carbocycles. The van der Waals surface area contributed by atoms with Crippen LogP contribution in [0.4, 0.5) is 8.78 Å². The van der Waals surface area contributed by atoms with Crippen LogP contribution < -0.4 is 5.73 Å². The highest BCUT2D eigenvalue weighted by Crippen LogP contribution is 2.27. The molecule has 0 fully saturated rings. The Morgan fingerprint density at radius 2 is 1.79 bits per heavy atom. The Balaban J connectivity index is 0.00000288. The summed E-state index contributed by atoms with van der Waals surface area (Å²) in [4.78, 5) is 13.8. The quantitative estimate of drug-likeness (QED) is 0.908. The van der Waals surface area contributed by atoms with E-state index in [4.69, 9.17) is 5.73 Å². The summed E-state index contributed by atoms with van der Waals surface area (Å²) in [5.41, 5.74) is 7.39. The van der Waals surface area contributed by atoms with Gasteiger partial charge >= 0.3 is 0 Å². The zero-order valence-electron chi connectivity index (χ0n) is 13.8. The molecule has 0 bridgehead atoms. The highest BCUT2D eigenvalue weighted by molar-refractivity contribution is 5.95. The van der Waals surface area contributed by atoms with Crippen molar-refractivity contribution < 1.29 is 13.6 Å². The van der Waals surface area contributed by atoms with E-state index >= 15 is 0 Å². The van der Waals surface area contributed by atoms with E-state index < -0.39 is 5.82 Å². The van der Waals surface area contributed by atoms with Gasteiger partial charge in [0.25, 0.3) is 5.91 Å². The van der Waals surface area contributed by atoms with Crippen LogP contribution in [0.2, 0.25) is 0 Å². The first-order valence-electron chi connectivity index (χ1n) is 7.38. The van der Waals surface area contributed by atoms with Gasteiger partial charge in [-0.1, -0.05) is 12.1 Å². The molecular weight excluding hydrogens is 334 g/mol. The Hall–Kier alpha value is -1.98. The first-order valence-corrected chi connectivity index (χ1v) is 7.38. The van der Waals surface area contributed by atoms with Crippen LogP contribution >= 0.6 is 12.4 Å². The number of carbonyl (C=O) groups is 1. The summed E-state index contributed by atoms with van der Waals surface area (Å²) in [5.74, 6) is -1.17. The minimum atomic E-state index is -0.514. The molecule has 0 heterocycles. The van der Waals surface area contributed by atoms with Crippen LogP contribution in [0.1, 0.15) is 22.8 Å². The Labute approximate surface area is 146 Å². The maximum Gasteiger partial charge on any atom is 0.253 e. The maximum absolute atomic E-state index is 14.4. The van der Waals surface area contributed by atoms with E-state index in [2.05, 4.69) is 0 Å². The van der Waals surface area contributed by atoms with Crippen molar-refractivity contribution in [1.29, 1.82) is 0 Å². The van der Waals surface area contributed by atoms with Crippen molar-refractivity contribution in [1.82, 2.24) is 4.90 Å². The standard InChI is InChI=1S/C18H20F2N2O.ClH/c1-11-8-14(19)5-7-15(11)16-6-4-13(9-17(16)20)18(23)22(3)12(2)10-21;/h4-9,12H,10,21H2,1-3H3;1H. The monoisotopic (exact) mass is 354 g/mol. The minimum absolute atomic E-state index is 0. The molecule has 6 heteroatoms. The number of nitrogens with zero attached hydrogens (tertiary/aromatic N) is 1. The third-order valence-electron chi connectivity index (χ3n) is 4.02. The first kappa shape index (κ1) is 20.1. The number of rotatable bonds is 4. The molecule has 1 amide bonds.